The summed E-state index contributed by atoms with van der Waals surface area (Å²) in [5.74, 6) is -0.547. The van der Waals surface area contributed by atoms with Gasteiger partial charge in [-0.25, -0.2) is 14.4 Å². The Morgan fingerprint density at radius 1 is 1.15 bits per heavy atom. The first kappa shape index (κ1) is 12.2. The van der Waals surface area contributed by atoms with E-state index in [1.165, 1.54) is 17.9 Å². The van der Waals surface area contributed by atoms with Crippen LogP contribution in [0.5, 0.6) is 0 Å². The van der Waals surface area contributed by atoms with Gasteiger partial charge in [0, 0.05) is 0 Å². The molecule has 2 N–H and O–H groups in total. The molecule has 2 aromatic heterocycles. The number of nitrogen functional groups attached to an aromatic ring is 1. The van der Waals surface area contributed by atoms with Gasteiger partial charge in [-0.15, -0.1) is 5.10 Å². The molecule has 0 radical (unpaired) electrons. The molecule has 0 aliphatic rings. The first-order valence-corrected chi connectivity index (χ1v) is 5.93. The molecule has 6 nitrogen and oxygen atoms in total. The lowest BCUT2D eigenvalue weighted by Gasteiger charge is -2.02. The molecule has 0 saturated heterocycles. The molecular formula is C13H11FN6. The zero-order chi connectivity index (χ0) is 14.1. The number of halogens is 1. The van der Waals surface area contributed by atoms with Crippen LogP contribution in [0.15, 0.2) is 36.5 Å². The fraction of sp³-hybridized carbons (Fsp3) is 0.0769. The van der Waals surface area contributed by atoms with Gasteiger partial charge in [0.25, 0.3) is 0 Å². The second kappa shape index (κ2) is 4.69. The zero-order valence-corrected chi connectivity index (χ0v) is 10.7. The van der Waals surface area contributed by atoms with E-state index in [0.717, 1.165) is 5.69 Å². The minimum absolute atomic E-state index is 0.182. The van der Waals surface area contributed by atoms with E-state index in [0.29, 0.717) is 5.69 Å². The number of benzene rings is 1. The molecule has 2 heterocycles. The Labute approximate surface area is 114 Å². The molecule has 0 unspecified atom stereocenters. The van der Waals surface area contributed by atoms with Crippen molar-refractivity contribution in [2.24, 2.45) is 0 Å². The van der Waals surface area contributed by atoms with Crippen molar-refractivity contribution in [3.63, 3.8) is 0 Å². The third-order valence-corrected chi connectivity index (χ3v) is 2.75. The van der Waals surface area contributed by atoms with Gasteiger partial charge in [-0.3, -0.25) is 0 Å². The topological polar surface area (TPSA) is 82.5 Å². The van der Waals surface area contributed by atoms with E-state index in [1.54, 1.807) is 0 Å². The van der Waals surface area contributed by atoms with E-state index in [4.69, 9.17) is 5.73 Å². The van der Waals surface area contributed by atoms with Crippen LogP contribution in [0.2, 0.25) is 0 Å². The second-order valence-electron chi connectivity index (χ2n) is 4.19. The van der Waals surface area contributed by atoms with E-state index < -0.39 is 5.82 Å². The highest BCUT2D eigenvalue weighted by Crippen LogP contribution is 2.17. The highest BCUT2D eigenvalue weighted by atomic mass is 19.1. The van der Waals surface area contributed by atoms with Crippen LogP contribution in [0, 0.1) is 12.7 Å². The number of nitrogens with zero attached hydrogens (tertiary/aromatic N) is 5. The summed E-state index contributed by atoms with van der Waals surface area (Å²) >= 11 is 0. The second-order valence-corrected chi connectivity index (χ2v) is 4.19. The lowest BCUT2D eigenvalue weighted by molar-refractivity contribution is 0.608. The molecule has 0 fully saturated rings. The van der Waals surface area contributed by atoms with Crippen LogP contribution < -0.4 is 5.73 Å². The number of nitrogens with two attached hydrogens (primary N) is 1. The van der Waals surface area contributed by atoms with E-state index in [9.17, 15) is 4.39 Å². The van der Waals surface area contributed by atoms with Crippen molar-refractivity contribution in [3.05, 3.63) is 48.0 Å². The summed E-state index contributed by atoms with van der Waals surface area (Å²) < 4.78 is 13.4. The molecule has 100 valence electrons. The van der Waals surface area contributed by atoms with Crippen molar-refractivity contribution < 1.29 is 4.39 Å². The van der Waals surface area contributed by atoms with Crippen LogP contribution >= 0.6 is 0 Å². The van der Waals surface area contributed by atoms with E-state index in [1.807, 2.05) is 30.3 Å². The maximum Gasteiger partial charge on any atom is 0.186 e. The average Bonchev–Trinajstić information content (AvgIpc) is 2.95. The number of para-hydroxylation sites is 1. The molecule has 20 heavy (non-hydrogen) atoms. The lowest BCUT2D eigenvalue weighted by Crippen LogP contribution is -2.04. The van der Waals surface area contributed by atoms with Crippen LogP contribution in [-0.2, 0) is 0 Å². The third kappa shape index (κ3) is 2.09. The first-order chi connectivity index (χ1) is 9.65. The molecule has 7 heteroatoms. The van der Waals surface area contributed by atoms with Gasteiger partial charge >= 0.3 is 0 Å². The van der Waals surface area contributed by atoms with Crippen molar-refractivity contribution >= 4 is 5.82 Å². The lowest BCUT2D eigenvalue weighted by atomic mass is 10.3. The highest BCUT2D eigenvalue weighted by molar-refractivity contribution is 5.51. The summed E-state index contributed by atoms with van der Waals surface area (Å²) in [6, 6.07) is 9.41. The Hall–Kier alpha value is -2.83. The minimum Gasteiger partial charge on any atom is -0.381 e. The van der Waals surface area contributed by atoms with E-state index >= 15 is 0 Å². The van der Waals surface area contributed by atoms with Gasteiger partial charge in [0.2, 0.25) is 0 Å². The van der Waals surface area contributed by atoms with Crippen LogP contribution in [0.25, 0.3) is 17.2 Å². The minimum atomic E-state index is -0.607. The van der Waals surface area contributed by atoms with E-state index in [2.05, 4.69) is 20.2 Å². The summed E-state index contributed by atoms with van der Waals surface area (Å²) in [4.78, 5) is 9.37. The first-order valence-electron chi connectivity index (χ1n) is 5.93. The molecule has 0 amide bonds. The zero-order valence-electron chi connectivity index (χ0n) is 10.7. The van der Waals surface area contributed by atoms with Gasteiger partial charge in [0.1, 0.15) is 0 Å². The molecule has 3 aromatic rings. The summed E-state index contributed by atoms with van der Waals surface area (Å²) in [5.41, 5.74) is 6.92. The van der Waals surface area contributed by atoms with Crippen molar-refractivity contribution in [2.75, 3.05) is 5.73 Å². The monoisotopic (exact) mass is 270 g/mol. The maximum atomic E-state index is 13.4. The van der Waals surface area contributed by atoms with Gasteiger partial charge in [0.15, 0.2) is 23.2 Å². The highest BCUT2D eigenvalue weighted by Gasteiger charge is 2.13. The summed E-state index contributed by atoms with van der Waals surface area (Å²) in [7, 11) is 0. The maximum absolute atomic E-state index is 13.4. The smallest absolute Gasteiger partial charge is 0.186 e. The normalized spacial score (nSPS) is 10.7. The SMILES string of the molecule is Cc1nc(-c2cnn(-c3ccccc3)n2)nc(N)c1F. The van der Waals surface area contributed by atoms with Gasteiger partial charge in [-0.1, -0.05) is 18.2 Å². The molecule has 0 atom stereocenters. The Kier molecular flexibility index (Phi) is 2.86. The van der Waals surface area contributed by atoms with Gasteiger partial charge < -0.3 is 5.73 Å². The molecule has 0 bridgehead atoms. The number of aryl methyl sites for hydroxylation is 1. The third-order valence-electron chi connectivity index (χ3n) is 2.75. The fourth-order valence-electron chi connectivity index (χ4n) is 1.75. The molecule has 0 aliphatic heterocycles. The quantitative estimate of drug-likeness (QED) is 0.767. The van der Waals surface area contributed by atoms with Crippen molar-refractivity contribution in [1.82, 2.24) is 25.0 Å². The average molecular weight is 270 g/mol. The van der Waals surface area contributed by atoms with Crippen LogP contribution in [0.1, 0.15) is 5.69 Å². The van der Waals surface area contributed by atoms with Gasteiger partial charge in [-0.05, 0) is 19.1 Å². The Bertz CT molecular complexity index is 730. The Balaban J connectivity index is 2.03. The van der Waals surface area contributed by atoms with Gasteiger partial charge in [-0.2, -0.15) is 9.90 Å². The molecule has 0 spiro atoms. The van der Waals surface area contributed by atoms with Crippen LogP contribution in [-0.4, -0.2) is 25.0 Å². The fourth-order valence-corrected chi connectivity index (χ4v) is 1.75. The summed E-state index contributed by atoms with van der Waals surface area (Å²) in [6.45, 7) is 1.53. The molecular weight excluding hydrogens is 259 g/mol. The molecule has 0 saturated carbocycles. The van der Waals surface area contributed by atoms with Crippen LogP contribution in [0.4, 0.5) is 10.2 Å². The Morgan fingerprint density at radius 2 is 1.90 bits per heavy atom. The summed E-state index contributed by atoms with van der Waals surface area (Å²) in [5, 5.41) is 8.40. The number of hydrogen-bond donors (Lipinski definition) is 1. The molecule has 1 aromatic carbocycles. The molecule has 3 rings (SSSR count). The standard InChI is InChI=1S/C13H11FN6/c1-8-11(14)12(15)18-13(17-8)10-7-16-20(19-10)9-5-3-2-4-6-9/h2-7H,1H3,(H2,15,17,18). The van der Waals surface area contributed by atoms with E-state index in [-0.39, 0.29) is 17.3 Å². The number of aromatic nitrogens is 5. The number of hydrogen-bond acceptors (Lipinski definition) is 5. The molecule has 0 aliphatic carbocycles. The van der Waals surface area contributed by atoms with Gasteiger partial charge in [0.05, 0.1) is 17.6 Å². The Morgan fingerprint density at radius 3 is 2.60 bits per heavy atom. The van der Waals surface area contributed by atoms with Crippen molar-refractivity contribution in [3.8, 4) is 17.2 Å². The van der Waals surface area contributed by atoms with Crippen molar-refractivity contribution in [2.45, 2.75) is 6.92 Å². The summed E-state index contributed by atoms with van der Waals surface area (Å²) in [6.07, 6.45) is 1.51. The van der Waals surface area contributed by atoms with Crippen LogP contribution in [0.3, 0.4) is 0 Å². The largest absolute Gasteiger partial charge is 0.381 e. The van der Waals surface area contributed by atoms with Crippen molar-refractivity contribution in [1.29, 1.82) is 0 Å². The predicted molar refractivity (Wildman–Crippen MR) is 71.5 cm³/mol. The number of anilines is 1. The number of rotatable bonds is 2. The predicted octanol–water partition coefficient (Wildman–Crippen LogP) is 1.75.